The molecule has 94 valence electrons. The van der Waals surface area contributed by atoms with Gasteiger partial charge in [0.15, 0.2) is 0 Å². The predicted molar refractivity (Wildman–Crippen MR) is 82.5 cm³/mol. The molecule has 0 aliphatic heterocycles. The molecule has 0 bridgehead atoms. The first kappa shape index (κ1) is 13.3. The van der Waals surface area contributed by atoms with Crippen LogP contribution < -0.4 is 4.90 Å². The van der Waals surface area contributed by atoms with Crippen molar-refractivity contribution in [3.05, 3.63) is 51.9 Å². The highest BCUT2D eigenvalue weighted by Gasteiger charge is 2.13. The first-order chi connectivity index (χ1) is 8.66. The van der Waals surface area contributed by atoms with Crippen LogP contribution in [0, 0.1) is 3.57 Å². The molecule has 0 amide bonds. The van der Waals surface area contributed by atoms with E-state index >= 15 is 0 Å². The van der Waals surface area contributed by atoms with E-state index in [0.29, 0.717) is 6.04 Å². The molecule has 0 spiro atoms. The maximum Gasteiger partial charge on any atom is 0.225 e. The molecule has 0 aliphatic carbocycles. The zero-order chi connectivity index (χ0) is 13.0. The topological polar surface area (TPSA) is 29.0 Å². The van der Waals surface area contributed by atoms with Gasteiger partial charge >= 0.3 is 0 Å². The molecule has 0 fully saturated rings. The molecule has 0 N–H and O–H groups in total. The van der Waals surface area contributed by atoms with Crippen LogP contribution in [0.25, 0.3) is 0 Å². The summed E-state index contributed by atoms with van der Waals surface area (Å²) in [5.41, 5.74) is 1.27. The third-order valence-electron chi connectivity index (χ3n) is 2.68. The lowest BCUT2D eigenvalue weighted by molar-refractivity contribution is 0.660. The number of anilines is 1. The maximum absolute atomic E-state index is 4.40. The van der Waals surface area contributed by atoms with Gasteiger partial charge < -0.3 is 4.90 Å². The van der Waals surface area contributed by atoms with Gasteiger partial charge in [0, 0.05) is 28.6 Å². The third-order valence-corrected chi connectivity index (χ3v) is 3.24. The van der Waals surface area contributed by atoms with E-state index < -0.39 is 0 Å². The van der Waals surface area contributed by atoms with Crippen molar-refractivity contribution in [1.29, 1.82) is 0 Å². The minimum absolute atomic E-state index is 0.366. The number of benzene rings is 1. The summed E-state index contributed by atoms with van der Waals surface area (Å²) in [6.07, 6.45) is 3.70. The molecule has 0 radical (unpaired) electrons. The van der Waals surface area contributed by atoms with Crippen molar-refractivity contribution in [1.82, 2.24) is 9.97 Å². The Morgan fingerprint density at radius 2 is 1.72 bits per heavy atom. The zero-order valence-corrected chi connectivity index (χ0v) is 12.7. The summed E-state index contributed by atoms with van der Waals surface area (Å²) < 4.78 is 1.06. The van der Waals surface area contributed by atoms with Gasteiger partial charge in [0.05, 0.1) is 0 Å². The maximum atomic E-state index is 4.40. The minimum Gasteiger partial charge on any atom is -0.334 e. The van der Waals surface area contributed by atoms with Crippen LogP contribution in [0.15, 0.2) is 42.7 Å². The number of rotatable bonds is 4. The summed E-state index contributed by atoms with van der Waals surface area (Å²) in [5.74, 6) is 0.786. The van der Waals surface area contributed by atoms with Gasteiger partial charge in [0.1, 0.15) is 0 Å². The Balaban J connectivity index is 2.21. The standard InChI is InChI=1S/C14H16IN3/c1-11(2)18(10-12-6-4-3-5-7-12)14-16-8-13(15)9-17-14/h3-9,11H,10H2,1-2H3. The first-order valence-corrected chi connectivity index (χ1v) is 7.03. The molecule has 18 heavy (non-hydrogen) atoms. The second-order valence-electron chi connectivity index (χ2n) is 4.41. The highest BCUT2D eigenvalue weighted by atomic mass is 127. The molecule has 1 aromatic heterocycles. The van der Waals surface area contributed by atoms with Crippen LogP contribution in [0.1, 0.15) is 19.4 Å². The van der Waals surface area contributed by atoms with Crippen LogP contribution in [-0.4, -0.2) is 16.0 Å². The quantitative estimate of drug-likeness (QED) is 0.788. The lowest BCUT2D eigenvalue weighted by Crippen LogP contribution is -2.31. The van der Waals surface area contributed by atoms with Crippen LogP contribution in [0.2, 0.25) is 0 Å². The molecule has 2 rings (SSSR count). The molecule has 4 heteroatoms. The molecule has 0 saturated carbocycles. The molecule has 0 unspecified atom stereocenters. The van der Waals surface area contributed by atoms with Gasteiger partial charge in [-0.3, -0.25) is 0 Å². The largest absolute Gasteiger partial charge is 0.334 e. The van der Waals surface area contributed by atoms with E-state index in [1.807, 2.05) is 18.5 Å². The van der Waals surface area contributed by atoms with Crippen LogP contribution in [0.3, 0.4) is 0 Å². The van der Waals surface area contributed by atoms with Crippen molar-refractivity contribution >= 4 is 28.5 Å². The highest BCUT2D eigenvalue weighted by molar-refractivity contribution is 14.1. The SMILES string of the molecule is CC(C)N(Cc1ccccc1)c1ncc(I)cn1. The van der Waals surface area contributed by atoms with Crippen molar-refractivity contribution in [2.75, 3.05) is 4.90 Å². The van der Waals surface area contributed by atoms with E-state index in [-0.39, 0.29) is 0 Å². The fourth-order valence-corrected chi connectivity index (χ4v) is 2.00. The third kappa shape index (κ3) is 3.41. The van der Waals surface area contributed by atoms with Crippen LogP contribution in [0.5, 0.6) is 0 Å². The Bertz CT molecular complexity index is 482. The number of hydrogen-bond acceptors (Lipinski definition) is 3. The summed E-state index contributed by atoms with van der Waals surface area (Å²) in [5, 5.41) is 0. The highest BCUT2D eigenvalue weighted by Crippen LogP contribution is 2.15. The Morgan fingerprint density at radius 1 is 1.11 bits per heavy atom. The summed E-state index contributed by atoms with van der Waals surface area (Å²) in [4.78, 5) is 11.0. The molecule has 3 nitrogen and oxygen atoms in total. The van der Waals surface area contributed by atoms with Crippen LogP contribution in [-0.2, 0) is 6.54 Å². The second kappa shape index (κ2) is 6.13. The van der Waals surface area contributed by atoms with Crippen molar-refractivity contribution in [3.8, 4) is 0 Å². The van der Waals surface area contributed by atoms with E-state index in [1.54, 1.807) is 0 Å². The van der Waals surface area contributed by atoms with Crippen LogP contribution in [0.4, 0.5) is 5.95 Å². The monoisotopic (exact) mass is 353 g/mol. The molecule has 0 saturated heterocycles. The van der Waals surface area contributed by atoms with Crippen molar-refractivity contribution in [3.63, 3.8) is 0 Å². The van der Waals surface area contributed by atoms with Crippen molar-refractivity contribution in [2.45, 2.75) is 26.4 Å². The average Bonchev–Trinajstić information content (AvgIpc) is 2.38. The predicted octanol–water partition coefficient (Wildman–Crippen LogP) is 3.50. The Labute approximate surface area is 121 Å². The van der Waals surface area contributed by atoms with Gasteiger partial charge in [0.25, 0.3) is 0 Å². The zero-order valence-electron chi connectivity index (χ0n) is 10.5. The van der Waals surface area contributed by atoms with E-state index in [4.69, 9.17) is 0 Å². The average molecular weight is 353 g/mol. The van der Waals surface area contributed by atoms with Gasteiger partial charge in [-0.15, -0.1) is 0 Å². The molecule has 0 atom stereocenters. The summed E-state index contributed by atoms with van der Waals surface area (Å²) in [7, 11) is 0. The molecule has 2 aromatic rings. The fraction of sp³-hybridized carbons (Fsp3) is 0.286. The Hall–Kier alpha value is -1.17. The van der Waals surface area contributed by atoms with E-state index in [9.17, 15) is 0 Å². The van der Waals surface area contributed by atoms with Crippen LogP contribution >= 0.6 is 22.6 Å². The van der Waals surface area contributed by atoms with Crippen molar-refractivity contribution in [2.24, 2.45) is 0 Å². The van der Waals surface area contributed by atoms with E-state index in [0.717, 1.165) is 16.1 Å². The molecule has 1 heterocycles. The van der Waals surface area contributed by atoms with Gasteiger partial charge in [-0.1, -0.05) is 30.3 Å². The molecule has 1 aromatic carbocycles. The minimum atomic E-state index is 0.366. The summed E-state index contributed by atoms with van der Waals surface area (Å²) >= 11 is 2.22. The normalized spacial score (nSPS) is 10.7. The first-order valence-electron chi connectivity index (χ1n) is 5.95. The fourth-order valence-electron chi connectivity index (χ4n) is 1.72. The Kier molecular flexibility index (Phi) is 4.52. The smallest absolute Gasteiger partial charge is 0.225 e. The number of nitrogens with zero attached hydrogens (tertiary/aromatic N) is 3. The van der Waals surface area contributed by atoms with Gasteiger partial charge in [-0.25, -0.2) is 9.97 Å². The lowest BCUT2D eigenvalue weighted by Gasteiger charge is -2.26. The number of hydrogen-bond donors (Lipinski definition) is 0. The second-order valence-corrected chi connectivity index (χ2v) is 5.65. The Morgan fingerprint density at radius 3 is 2.28 bits per heavy atom. The lowest BCUT2D eigenvalue weighted by atomic mass is 10.2. The van der Waals surface area contributed by atoms with Gasteiger partial charge in [-0.2, -0.15) is 0 Å². The molecular weight excluding hydrogens is 337 g/mol. The van der Waals surface area contributed by atoms with Gasteiger partial charge in [0.2, 0.25) is 5.95 Å². The van der Waals surface area contributed by atoms with E-state index in [2.05, 4.69) is 75.6 Å². The summed E-state index contributed by atoms with van der Waals surface area (Å²) in [6, 6.07) is 10.8. The summed E-state index contributed by atoms with van der Waals surface area (Å²) in [6.45, 7) is 5.15. The van der Waals surface area contributed by atoms with Gasteiger partial charge in [-0.05, 0) is 42.0 Å². The van der Waals surface area contributed by atoms with Crippen molar-refractivity contribution < 1.29 is 0 Å². The van der Waals surface area contributed by atoms with E-state index in [1.165, 1.54) is 5.56 Å². The number of aromatic nitrogens is 2. The number of halogens is 1. The molecular formula is C14H16IN3. The molecule has 0 aliphatic rings.